The van der Waals surface area contributed by atoms with E-state index in [0.717, 1.165) is 31.4 Å². The molecule has 0 radical (unpaired) electrons. The molecule has 1 saturated heterocycles. The van der Waals surface area contributed by atoms with Crippen molar-refractivity contribution in [2.75, 3.05) is 26.2 Å². The van der Waals surface area contributed by atoms with Crippen molar-refractivity contribution in [1.82, 2.24) is 24.6 Å². The lowest BCUT2D eigenvalue weighted by molar-refractivity contribution is 0.0763. The number of nitrogens with zero attached hydrogens (tertiary/aromatic N) is 6. The smallest absolute Gasteiger partial charge is 0.254 e. The fourth-order valence-corrected chi connectivity index (χ4v) is 4.57. The van der Waals surface area contributed by atoms with Crippen LogP contribution in [0.15, 0.2) is 59.3 Å². The van der Waals surface area contributed by atoms with Gasteiger partial charge in [0.15, 0.2) is 11.4 Å². The van der Waals surface area contributed by atoms with Crippen LogP contribution < -0.4 is 0 Å². The molecule has 0 N–H and O–H groups in total. The number of carbonyl (C=O) groups excluding carboxylic acids is 1. The lowest BCUT2D eigenvalue weighted by Crippen LogP contribution is -2.35. The topological polar surface area (TPSA) is 91.2 Å². The summed E-state index contributed by atoms with van der Waals surface area (Å²) < 4.78 is 7.44. The molecule has 4 heterocycles. The number of furan rings is 1. The first-order chi connectivity index (χ1) is 17.0. The van der Waals surface area contributed by atoms with Gasteiger partial charge < -0.3 is 9.32 Å². The molecule has 4 aromatic rings. The van der Waals surface area contributed by atoms with Crippen LogP contribution >= 0.6 is 0 Å². The third-order valence-corrected chi connectivity index (χ3v) is 6.42. The number of pyridine rings is 1. The zero-order valence-electron chi connectivity index (χ0n) is 20.0. The average molecular weight is 469 g/mol. The van der Waals surface area contributed by atoms with Crippen LogP contribution in [0.1, 0.15) is 47.8 Å². The molecule has 8 nitrogen and oxygen atoms in total. The largest absolute Gasteiger partial charge is 0.463 e. The minimum atomic E-state index is -0.00580. The van der Waals surface area contributed by atoms with E-state index < -0.39 is 0 Å². The fourth-order valence-electron chi connectivity index (χ4n) is 4.57. The van der Waals surface area contributed by atoms with E-state index in [4.69, 9.17) is 14.7 Å². The molecule has 0 spiro atoms. The number of hydrogen-bond acceptors (Lipinski definition) is 6. The molecule has 5 rings (SSSR count). The van der Waals surface area contributed by atoms with Gasteiger partial charge in [0.25, 0.3) is 5.91 Å². The Bertz CT molecular complexity index is 1370. The summed E-state index contributed by atoms with van der Waals surface area (Å²) in [4.78, 5) is 22.9. The monoisotopic (exact) mass is 468 g/mol. The van der Waals surface area contributed by atoms with Crippen LogP contribution in [0.5, 0.6) is 0 Å². The molecular weight excluding hydrogens is 440 g/mol. The van der Waals surface area contributed by atoms with Crippen LogP contribution in [0.25, 0.3) is 22.5 Å². The number of amides is 1. The highest BCUT2D eigenvalue weighted by atomic mass is 16.3. The van der Waals surface area contributed by atoms with Crippen LogP contribution in [0.4, 0.5) is 0 Å². The molecule has 0 unspecified atom stereocenters. The third kappa shape index (κ3) is 4.68. The Morgan fingerprint density at radius 1 is 1.14 bits per heavy atom. The second-order valence-electron chi connectivity index (χ2n) is 9.18. The fraction of sp³-hybridized carbons (Fsp3) is 0.333. The van der Waals surface area contributed by atoms with Crippen molar-refractivity contribution in [3.63, 3.8) is 0 Å². The van der Waals surface area contributed by atoms with Gasteiger partial charge in [-0.15, -0.1) is 0 Å². The van der Waals surface area contributed by atoms with Crippen LogP contribution in [0.3, 0.4) is 0 Å². The zero-order valence-corrected chi connectivity index (χ0v) is 20.0. The predicted molar refractivity (Wildman–Crippen MR) is 133 cm³/mol. The third-order valence-electron chi connectivity index (χ3n) is 6.42. The highest BCUT2D eigenvalue weighted by Gasteiger charge is 2.25. The number of fused-ring (bicyclic) bond motifs is 1. The van der Waals surface area contributed by atoms with Crippen LogP contribution in [0, 0.1) is 11.3 Å². The van der Waals surface area contributed by atoms with Gasteiger partial charge in [-0.1, -0.05) is 12.1 Å². The minimum absolute atomic E-state index is 0.00580. The molecule has 0 atom stereocenters. The van der Waals surface area contributed by atoms with Gasteiger partial charge in [0.1, 0.15) is 5.69 Å². The quantitative estimate of drug-likeness (QED) is 0.429. The van der Waals surface area contributed by atoms with Gasteiger partial charge in [0, 0.05) is 38.8 Å². The molecule has 178 valence electrons. The Balaban J connectivity index is 1.39. The number of aromatic nitrogens is 3. The van der Waals surface area contributed by atoms with E-state index in [1.165, 1.54) is 5.56 Å². The maximum Gasteiger partial charge on any atom is 0.254 e. The van der Waals surface area contributed by atoms with E-state index in [0.29, 0.717) is 41.3 Å². The summed E-state index contributed by atoms with van der Waals surface area (Å²) in [6.45, 7) is 7.94. The maximum absolute atomic E-state index is 13.8. The van der Waals surface area contributed by atoms with Gasteiger partial charge in [-0.3, -0.25) is 9.69 Å². The van der Waals surface area contributed by atoms with E-state index in [2.05, 4.69) is 16.1 Å². The summed E-state index contributed by atoms with van der Waals surface area (Å²) in [5.74, 6) is 0.621. The summed E-state index contributed by atoms with van der Waals surface area (Å²) in [6.07, 6.45) is 4.25. The summed E-state index contributed by atoms with van der Waals surface area (Å²) >= 11 is 0. The zero-order chi connectivity index (χ0) is 24.4. The van der Waals surface area contributed by atoms with Crippen LogP contribution in [-0.2, 0) is 6.54 Å². The lowest BCUT2D eigenvalue weighted by atomic mass is 10.1. The highest BCUT2D eigenvalue weighted by Crippen LogP contribution is 2.28. The van der Waals surface area contributed by atoms with Crippen molar-refractivity contribution < 1.29 is 9.21 Å². The van der Waals surface area contributed by atoms with Gasteiger partial charge in [0.2, 0.25) is 0 Å². The molecule has 1 aromatic carbocycles. The first kappa shape index (κ1) is 22.8. The van der Waals surface area contributed by atoms with Crippen molar-refractivity contribution >= 4 is 16.9 Å². The average Bonchev–Trinajstić information content (AvgIpc) is 3.50. The summed E-state index contributed by atoms with van der Waals surface area (Å²) in [6, 6.07) is 15.5. The van der Waals surface area contributed by atoms with E-state index in [1.54, 1.807) is 12.5 Å². The normalized spacial score (nSPS) is 14.9. The van der Waals surface area contributed by atoms with Crippen molar-refractivity contribution in [3.8, 4) is 17.5 Å². The van der Waals surface area contributed by atoms with E-state index in [9.17, 15) is 4.79 Å². The van der Waals surface area contributed by atoms with Crippen LogP contribution in [-0.4, -0.2) is 56.7 Å². The van der Waals surface area contributed by atoms with Gasteiger partial charge in [-0.05, 0) is 56.2 Å². The Morgan fingerprint density at radius 3 is 2.69 bits per heavy atom. The molecule has 0 bridgehead atoms. The molecule has 35 heavy (non-hydrogen) atoms. The minimum Gasteiger partial charge on any atom is -0.463 e. The van der Waals surface area contributed by atoms with Gasteiger partial charge in [-0.2, -0.15) is 10.4 Å². The SMILES string of the molecule is CC(C)n1ncc2c(C(=O)N3CCCN(Cc4ccc(C#N)cc4)CC3)cc(-c3ccco3)nc21. The van der Waals surface area contributed by atoms with E-state index in [1.807, 2.05) is 65.9 Å². The van der Waals surface area contributed by atoms with Crippen molar-refractivity contribution in [2.24, 2.45) is 0 Å². The summed E-state index contributed by atoms with van der Waals surface area (Å²) in [7, 11) is 0. The van der Waals surface area contributed by atoms with E-state index >= 15 is 0 Å². The summed E-state index contributed by atoms with van der Waals surface area (Å²) in [5, 5.41) is 14.3. The number of carbonyl (C=O) groups is 1. The number of hydrogen-bond donors (Lipinski definition) is 0. The van der Waals surface area contributed by atoms with Crippen molar-refractivity contribution in [2.45, 2.75) is 32.9 Å². The van der Waals surface area contributed by atoms with Crippen LogP contribution in [0.2, 0.25) is 0 Å². The maximum atomic E-state index is 13.8. The Morgan fingerprint density at radius 2 is 1.97 bits per heavy atom. The molecule has 1 aliphatic heterocycles. The van der Waals surface area contributed by atoms with Gasteiger partial charge in [-0.25, -0.2) is 9.67 Å². The first-order valence-corrected chi connectivity index (χ1v) is 12.0. The van der Waals surface area contributed by atoms with Crippen molar-refractivity contribution in [3.05, 3.63) is 71.6 Å². The van der Waals surface area contributed by atoms with Gasteiger partial charge >= 0.3 is 0 Å². The molecule has 8 heteroatoms. The second-order valence-corrected chi connectivity index (χ2v) is 9.18. The molecule has 1 aliphatic rings. The molecular formula is C27H28N6O2. The standard InChI is InChI=1S/C27H28N6O2/c1-19(2)33-26-23(17-29-33)22(15-24(30-26)25-5-3-14-35-25)27(34)32-11-4-10-31(12-13-32)18-21-8-6-20(16-28)7-9-21/h3,5-9,14-15,17,19H,4,10-13,18H2,1-2H3. The lowest BCUT2D eigenvalue weighted by Gasteiger charge is -2.22. The summed E-state index contributed by atoms with van der Waals surface area (Å²) in [5.41, 5.74) is 3.76. The first-order valence-electron chi connectivity index (χ1n) is 12.0. The Labute approximate surface area is 204 Å². The number of rotatable bonds is 5. The van der Waals surface area contributed by atoms with Gasteiger partial charge in [0.05, 0.1) is 35.0 Å². The Hall–Kier alpha value is -3.96. The molecule has 3 aromatic heterocycles. The second kappa shape index (κ2) is 9.72. The molecule has 1 amide bonds. The van der Waals surface area contributed by atoms with E-state index in [-0.39, 0.29) is 11.9 Å². The molecule has 1 fully saturated rings. The number of benzene rings is 1. The Kier molecular flexibility index (Phi) is 6.34. The molecule has 0 aliphatic carbocycles. The molecule has 0 saturated carbocycles. The van der Waals surface area contributed by atoms with Crippen molar-refractivity contribution in [1.29, 1.82) is 5.26 Å². The number of nitriles is 1. The predicted octanol–water partition coefficient (Wildman–Crippen LogP) is 4.49. The highest BCUT2D eigenvalue weighted by molar-refractivity contribution is 6.06.